The molecule has 4 saturated carbocycles. The fourth-order valence-electron chi connectivity index (χ4n) is 8.16. The molecular weight excluding hydrogens is 368 g/mol. The first-order valence-electron chi connectivity index (χ1n) is 9.82. The van der Waals surface area contributed by atoms with E-state index in [-0.39, 0.29) is 0 Å². The van der Waals surface area contributed by atoms with Crippen LogP contribution in [0.25, 0.3) is 0 Å². The molecule has 5 aliphatic rings. The van der Waals surface area contributed by atoms with Crippen LogP contribution < -0.4 is 0 Å². The first-order valence-corrected chi connectivity index (χ1v) is 14.8. The fraction of sp³-hybridized carbons (Fsp3) is 1.00. The van der Waals surface area contributed by atoms with Crippen molar-refractivity contribution in [3.63, 3.8) is 0 Å². The largest absolute Gasteiger partial charge is 0.0774 e. The molecule has 0 N–H and O–H groups in total. The van der Waals surface area contributed by atoms with Gasteiger partial charge in [0.1, 0.15) is 0 Å². The van der Waals surface area contributed by atoms with Gasteiger partial charge in [0.25, 0.3) is 0 Å². The average Bonchev–Trinajstić information content (AvgIpc) is 2.96. The third-order valence-corrected chi connectivity index (χ3v) is 18.0. The van der Waals surface area contributed by atoms with E-state index in [0.29, 0.717) is 21.7 Å². The van der Waals surface area contributed by atoms with E-state index >= 15 is 0 Å². The average molecular weight is 401 g/mol. The maximum Gasteiger partial charge on any atom is 0.0253 e. The van der Waals surface area contributed by atoms with Gasteiger partial charge >= 0.3 is 0 Å². The molecule has 0 aromatic carbocycles. The number of hydrogen-bond acceptors (Lipinski definition) is 4. The van der Waals surface area contributed by atoms with Crippen LogP contribution in [-0.2, 0) is 0 Å². The van der Waals surface area contributed by atoms with E-state index in [1.165, 1.54) is 25.7 Å². The summed E-state index contributed by atoms with van der Waals surface area (Å²) in [7, 11) is 8.76. The molecule has 4 heteroatoms. The van der Waals surface area contributed by atoms with Crippen molar-refractivity contribution >= 4 is 41.2 Å². The molecule has 8 atom stereocenters. The van der Waals surface area contributed by atoms with E-state index < -0.39 is 0 Å². The van der Waals surface area contributed by atoms with E-state index in [4.69, 9.17) is 0 Å². The molecule has 5 fully saturated rings. The Morgan fingerprint density at radius 2 is 1.00 bits per heavy atom. The molecule has 0 aromatic heterocycles. The summed E-state index contributed by atoms with van der Waals surface area (Å²) in [6.07, 6.45) is 5.95. The Labute approximate surface area is 163 Å². The highest BCUT2D eigenvalue weighted by Gasteiger charge is 2.74. The van der Waals surface area contributed by atoms with Crippen molar-refractivity contribution in [1.82, 2.24) is 0 Å². The number of rotatable bonds is 0. The fourth-order valence-corrected chi connectivity index (χ4v) is 17.2. The molecule has 4 bridgehead atoms. The zero-order valence-electron chi connectivity index (χ0n) is 15.9. The molecule has 1 saturated heterocycles. The van der Waals surface area contributed by atoms with Crippen LogP contribution in [0.15, 0.2) is 0 Å². The van der Waals surface area contributed by atoms with Gasteiger partial charge < -0.3 is 0 Å². The molecule has 0 amide bonds. The van der Waals surface area contributed by atoms with Gasteiger partial charge in [0.2, 0.25) is 0 Å². The lowest BCUT2D eigenvalue weighted by molar-refractivity contribution is 0.128. The first-order chi connectivity index (χ1) is 11.2. The molecule has 0 nitrogen and oxygen atoms in total. The van der Waals surface area contributed by atoms with Gasteiger partial charge in [0.05, 0.1) is 0 Å². The van der Waals surface area contributed by atoms with E-state index in [9.17, 15) is 0 Å². The summed E-state index contributed by atoms with van der Waals surface area (Å²) in [6, 6.07) is 0. The molecule has 24 heavy (non-hydrogen) atoms. The van der Waals surface area contributed by atoms with Crippen molar-refractivity contribution in [3.8, 4) is 0 Å². The van der Waals surface area contributed by atoms with E-state index in [1.807, 2.05) is 0 Å². The third-order valence-electron chi connectivity index (χ3n) is 10.4. The van der Waals surface area contributed by atoms with Gasteiger partial charge in [-0.3, -0.25) is 0 Å². The van der Waals surface area contributed by atoms with Crippen LogP contribution in [0.3, 0.4) is 0 Å². The monoisotopic (exact) mass is 400 g/mol. The Balaban J connectivity index is 1.64. The Bertz CT molecular complexity index is 522. The minimum absolute atomic E-state index is 0.535. The zero-order valence-corrected chi connectivity index (χ0v) is 19.2. The highest BCUT2D eigenvalue weighted by molar-refractivity contribution is 9.26. The third kappa shape index (κ3) is 1.73. The molecule has 1 heterocycles. The van der Waals surface area contributed by atoms with Crippen LogP contribution in [-0.4, -0.2) is 10.5 Å². The minimum Gasteiger partial charge on any atom is -0.0774 e. The topological polar surface area (TPSA) is 0 Å². The normalized spacial score (nSPS) is 59.8. The van der Waals surface area contributed by atoms with Crippen molar-refractivity contribution in [2.24, 2.45) is 45.3 Å². The van der Waals surface area contributed by atoms with Gasteiger partial charge in [-0.05, 0) is 90.7 Å². The van der Waals surface area contributed by atoms with Crippen LogP contribution in [0.1, 0.15) is 67.2 Å². The molecule has 1 aliphatic heterocycles. The minimum atomic E-state index is 0.535. The maximum atomic E-state index is 2.65. The zero-order chi connectivity index (χ0) is 17.1. The summed E-state index contributed by atoms with van der Waals surface area (Å²) in [5.74, 6) is 3.88. The highest BCUT2D eigenvalue weighted by atomic mass is 33.7. The second-order valence-corrected chi connectivity index (χ2v) is 17.0. The van der Waals surface area contributed by atoms with Crippen LogP contribution in [0, 0.1) is 45.3 Å². The van der Waals surface area contributed by atoms with Crippen molar-refractivity contribution in [2.45, 2.75) is 77.7 Å². The Morgan fingerprint density at radius 3 is 1.38 bits per heavy atom. The smallest absolute Gasteiger partial charge is 0.0253 e. The number of hydrogen-bond donors (Lipinski definition) is 0. The summed E-state index contributed by atoms with van der Waals surface area (Å²) >= 11 is 0. The summed E-state index contributed by atoms with van der Waals surface area (Å²) in [4.78, 5) is 0. The van der Waals surface area contributed by atoms with Gasteiger partial charge in [0.15, 0.2) is 0 Å². The van der Waals surface area contributed by atoms with Gasteiger partial charge in [-0.2, -0.15) is 0 Å². The lowest BCUT2D eigenvalue weighted by Gasteiger charge is -2.47. The standard InChI is InChI=1S/C20H32S4/c1-17(2)11-7-9-19(17,5)15-13(11)14-12-8-10-20(6,18(12,3)4)16(14)22-24-23-21-15/h11-16H,7-10H2,1-6H3/t11?,12?,13?,14?,15-,16+,19-,20-/m0/s1. The molecule has 5 rings (SSSR count). The van der Waals surface area contributed by atoms with Gasteiger partial charge in [0, 0.05) is 10.5 Å². The van der Waals surface area contributed by atoms with Crippen LogP contribution in [0.5, 0.6) is 0 Å². The van der Waals surface area contributed by atoms with Crippen LogP contribution in [0.2, 0.25) is 0 Å². The molecular formula is C20H32S4. The Hall–Kier alpha value is 1.40. The SMILES string of the molecule is CC1(C)C2CC[C@@]1(C)[C@@H]1SSSS[C@H]3C(C21)C1CC[C@]3(C)C1(C)C. The summed E-state index contributed by atoms with van der Waals surface area (Å²) in [6.45, 7) is 15.8. The van der Waals surface area contributed by atoms with Crippen molar-refractivity contribution in [2.75, 3.05) is 0 Å². The van der Waals surface area contributed by atoms with Crippen LogP contribution >= 0.6 is 41.2 Å². The molecule has 0 aromatic rings. The molecule has 136 valence electrons. The molecule has 0 radical (unpaired) electrons. The second-order valence-electron chi connectivity index (χ2n) is 10.9. The van der Waals surface area contributed by atoms with E-state index in [0.717, 1.165) is 34.2 Å². The predicted molar refractivity (Wildman–Crippen MR) is 114 cm³/mol. The van der Waals surface area contributed by atoms with E-state index in [1.54, 1.807) is 0 Å². The van der Waals surface area contributed by atoms with Gasteiger partial charge in [-0.25, -0.2) is 0 Å². The highest BCUT2D eigenvalue weighted by Crippen LogP contribution is 2.81. The first kappa shape index (κ1) is 17.5. The van der Waals surface area contributed by atoms with Crippen molar-refractivity contribution < 1.29 is 0 Å². The van der Waals surface area contributed by atoms with Crippen molar-refractivity contribution in [3.05, 3.63) is 0 Å². The van der Waals surface area contributed by atoms with Crippen LogP contribution in [0.4, 0.5) is 0 Å². The quantitative estimate of drug-likeness (QED) is 0.384. The summed E-state index contributed by atoms with van der Waals surface area (Å²) in [5, 5.41) is 1.77. The van der Waals surface area contributed by atoms with E-state index in [2.05, 4.69) is 82.8 Å². The Morgan fingerprint density at radius 1 is 0.625 bits per heavy atom. The lowest BCUT2D eigenvalue weighted by Crippen LogP contribution is -2.44. The van der Waals surface area contributed by atoms with Crippen molar-refractivity contribution in [1.29, 1.82) is 0 Å². The van der Waals surface area contributed by atoms with Gasteiger partial charge in [-0.1, -0.05) is 63.1 Å². The molecule has 4 aliphatic carbocycles. The molecule has 0 spiro atoms. The predicted octanol–water partition coefficient (Wildman–Crippen LogP) is 7.56. The summed E-state index contributed by atoms with van der Waals surface area (Å²) < 4.78 is 0. The molecule has 4 unspecified atom stereocenters. The lowest BCUT2D eigenvalue weighted by atomic mass is 9.68. The number of fused-ring (bicyclic) bond motifs is 11. The second kappa shape index (κ2) is 5.06. The van der Waals surface area contributed by atoms with Gasteiger partial charge in [-0.15, -0.1) is 0 Å². The summed E-state index contributed by atoms with van der Waals surface area (Å²) in [5.41, 5.74) is 2.18. The Kier molecular flexibility index (Phi) is 3.69. The maximum absolute atomic E-state index is 2.65.